The SMILES string of the molecule is CC(C)(C)c1cc([O-])c([O-])c(C(C)(C)C)c1.CC(C)(C)c1ccc(C(C)(C)C)c(N=CCc2ccccn2)c1.[Ni+2]. The zero-order valence-electron chi connectivity index (χ0n) is 26.5. The molecule has 0 bridgehead atoms. The summed E-state index contributed by atoms with van der Waals surface area (Å²) < 4.78 is 0. The van der Waals surface area contributed by atoms with E-state index in [4.69, 9.17) is 4.99 Å². The second kappa shape index (κ2) is 13.3. The molecule has 1 heterocycles. The van der Waals surface area contributed by atoms with E-state index in [0.717, 1.165) is 23.4 Å². The van der Waals surface area contributed by atoms with Crippen LogP contribution in [0.15, 0.2) is 59.7 Å². The first-order chi connectivity index (χ1) is 17.7. The Hall–Kier alpha value is -2.65. The topological polar surface area (TPSA) is 71.4 Å². The minimum atomic E-state index is -0.391. The number of pyridine rings is 1. The molecule has 40 heavy (non-hydrogen) atoms. The van der Waals surface area contributed by atoms with Crippen molar-refractivity contribution in [2.45, 2.75) is 111 Å². The van der Waals surface area contributed by atoms with Gasteiger partial charge in [0.2, 0.25) is 0 Å². The van der Waals surface area contributed by atoms with Gasteiger partial charge >= 0.3 is 16.5 Å². The summed E-state index contributed by atoms with van der Waals surface area (Å²) in [5.41, 5.74) is 6.08. The molecule has 0 atom stereocenters. The standard InChI is InChI=1S/C21H28N2.C14H22O2.Ni/c1-20(2,3)16-10-11-18(21(4,5)6)19(15-16)23-14-12-17-9-7-8-13-22-17;1-13(2,3)9-7-10(14(4,5)6)12(16)11(15)8-9;/h7-11,13-15H,12H2,1-6H3;7-8,15-16H,1-6H3;/q;;+2/p-2. The average Bonchev–Trinajstić information content (AvgIpc) is 2.79. The van der Waals surface area contributed by atoms with Crippen LogP contribution in [0.4, 0.5) is 5.69 Å². The molecular weight excluding hydrogens is 539 g/mol. The second-order valence-corrected chi connectivity index (χ2v) is 14.4. The van der Waals surface area contributed by atoms with Crippen molar-refractivity contribution in [3.8, 4) is 11.5 Å². The Morgan fingerprint density at radius 1 is 0.675 bits per heavy atom. The Morgan fingerprint density at radius 3 is 1.73 bits per heavy atom. The summed E-state index contributed by atoms with van der Waals surface area (Å²) in [4.78, 5) is 9.12. The van der Waals surface area contributed by atoms with Crippen LogP contribution in [0.1, 0.15) is 111 Å². The maximum absolute atomic E-state index is 11.8. The molecule has 0 radical (unpaired) electrons. The van der Waals surface area contributed by atoms with Crippen LogP contribution in [0, 0.1) is 0 Å². The minimum absolute atomic E-state index is 0. The quantitative estimate of drug-likeness (QED) is 0.230. The van der Waals surface area contributed by atoms with E-state index in [2.05, 4.69) is 64.7 Å². The zero-order valence-corrected chi connectivity index (χ0v) is 27.5. The van der Waals surface area contributed by atoms with Gasteiger partial charge in [-0.15, -0.1) is 11.5 Å². The van der Waals surface area contributed by atoms with E-state index in [1.807, 2.05) is 78.2 Å². The minimum Gasteiger partial charge on any atom is -0.873 e. The van der Waals surface area contributed by atoms with Gasteiger partial charge in [-0.1, -0.05) is 119 Å². The van der Waals surface area contributed by atoms with Gasteiger partial charge in [0.25, 0.3) is 0 Å². The zero-order chi connectivity index (χ0) is 29.8. The third-order valence-electron chi connectivity index (χ3n) is 6.66. The molecule has 0 aliphatic heterocycles. The maximum atomic E-state index is 11.8. The van der Waals surface area contributed by atoms with E-state index in [1.165, 1.54) is 17.2 Å². The molecule has 5 heteroatoms. The molecule has 0 spiro atoms. The smallest absolute Gasteiger partial charge is 0.873 e. The molecular formula is C35H48N2NiO2. The van der Waals surface area contributed by atoms with Crippen molar-refractivity contribution in [3.63, 3.8) is 0 Å². The predicted molar refractivity (Wildman–Crippen MR) is 163 cm³/mol. The van der Waals surface area contributed by atoms with Gasteiger partial charge in [0.05, 0.1) is 5.69 Å². The number of rotatable bonds is 3. The van der Waals surface area contributed by atoms with Gasteiger partial charge in [0, 0.05) is 24.5 Å². The van der Waals surface area contributed by atoms with Crippen LogP contribution in [0.5, 0.6) is 11.5 Å². The first-order valence-electron chi connectivity index (χ1n) is 13.8. The first kappa shape index (κ1) is 35.4. The van der Waals surface area contributed by atoms with Gasteiger partial charge in [0.15, 0.2) is 0 Å². The third-order valence-corrected chi connectivity index (χ3v) is 6.66. The van der Waals surface area contributed by atoms with Gasteiger partial charge < -0.3 is 10.2 Å². The van der Waals surface area contributed by atoms with E-state index >= 15 is 0 Å². The number of nitrogens with zero attached hydrogens (tertiary/aromatic N) is 2. The Kier molecular flexibility index (Phi) is 11.8. The Morgan fingerprint density at radius 2 is 1.25 bits per heavy atom. The summed E-state index contributed by atoms with van der Waals surface area (Å²) in [6, 6.07) is 16.0. The fourth-order valence-electron chi connectivity index (χ4n) is 4.09. The van der Waals surface area contributed by atoms with E-state index < -0.39 is 5.75 Å². The molecule has 4 nitrogen and oxygen atoms in total. The van der Waals surface area contributed by atoms with Crippen LogP contribution >= 0.6 is 0 Å². The van der Waals surface area contributed by atoms with Crippen molar-refractivity contribution in [1.82, 2.24) is 4.98 Å². The second-order valence-electron chi connectivity index (χ2n) is 14.4. The Balaban J connectivity index is 0.000000416. The molecule has 0 unspecified atom stereocenters. The summed E-state index contributed by atoms with van der Waals surface area (Å²) in [7, 11) is 0. The summed E-state index contributed by atoms with van der Waals surface area (Å²) >= 11 is 0. The van der Waals surface area contributed by atoms with Crippen molar-refractivity contribution in [2.24, 2.45) is 4.99 Å². The van der Waals surface area contributed by atoms with Crippen molar-refractivity contribution in [3.05, 3.63) is 82.7 Å². The van der Waals surface area contributed by atoms with Gasteiger partial charge in [-0.25, -0.2) is 0 Å². The molecule has 0 saturated heterocycles. The Bertz CT molecular complexity index is 1270. The Labute approximate surface area is 253 Å². The van der Waals surface area contributed by atoms with Crippen LogP contribution in [0.3, 0.4) is 0 Å². The molecule has 0 aliphatic carbocycles. The number of hydrogen-bond acceptors (Lipinski definition) is 4. The van der Waals surface area contributed by atoms with Crippen molar-refractivity contribution in [2.75, 3.05) is 0 Å². The normalized spacial score (nSPS) is 12.5. The van der Waals surface area contributed by atoms with E-state index in [9.17, 15) is 10.2 Å². The summed E-state index contributed by atoms with van der Waals surface area (Å²) in [6.07, 6.45) is 4.55. The van der Waals surface area contributed by atoms with Crippen molar-refractivity contribution >= 4 is 11.9 Å². The molecule has 0 N–H and O–H groups in total. The summed E-state index contributed by atoms with van der Waals surface area (Å²) in [5, 5.41) is 23.4. The molecule has 0 saturated carbocycles. The van der Waals surface area contributed by atoms with Crippen molar-refractivity contribution in [1.29, 1.82) is 0 Å². The van der Waals surface area contributed by atoms with E-state index in [0.29, 0.717) is 5.56 Å². The van der Waals surface area contributed by atoms with Crippen molar-refractivity contribution < 1.29 is 26.7 Å². The molecule has 3 aromatic rings. The molecule has 0 amide bonds. The molecule has 220 valence electrons. The maximum Gasteiger partial charge on any atom is 2.00 e. The van der Waals surface area contributed by atoms with Gasteiger partial charge in [0.1, 0.15) is 0 Å². The van der Waals surface area contributed by atoms with Crippen LogP contribution in [-0.2, 0) is 44.6 Å². The number of hydrogen-bond donors (Lipinski definition) is 0. The average molecular weight is 587 g/mol. The van der Waals surface area contributed by atoms with Crippen LogP contribution < -0.4 is 10.2 Å². The monoisotopic (exact) mass is 586 g/mol. The largest absolute Gasteiger partial charge is 2.00 e. The van der Waals surface area contributed by atoms with Gasteiger partial charge in [-0.2, -0.15) is 0 Å². The third kappa shape index (κ3) is 10.1. The van der Waals surface area contributed by atoms with Gasteiger partial charge in [-0.05, 0) is 56.5 Å². The molecule has 0 fully saturated rings. The molecule has 2 aromatic carbocycles. The summed E-state index contributed by atoms with van der Waals surface area (Å²) in [6.45, 7) is 25.4. The van der Waals surface area contributed by atoms with Crippen LogP contribution in [0.2, 0.25) is 0 Å². The molecule has 3 rings (SSSR count). The summed E-state index contributed by atoms with van der Waals surface area (Å²) in [5.74, 6) is -0.752. The number of aromatic nitrogens is 1. The predicted octanol–water partition coefficient (Wildman–Crippen LogP) is 8.05. The molecule has 1 aromatic heterocycles. The fraction of sp³-hybridized carbons (Fsp3) is 0.486. The first-order valence-corrected chi connectivity index (χ1v) is 13.8. The van der Waals surface area contributed by atoms with E-state index in [-0.39, 0.29) is 43.9 Å². The van der Waals surface area contributed by atoms with Crippen LogP contribution in [-0.4, -0.2) is 11.2 Å². The molecule has 0 aliphatic rings. The number of aliphatic imine (C=N–C) groups is 1. The van der Waals surface area contributed by atoms with E-state index in [1.54, 1.807) is 0 Å². The fourth-order valence-corrected chi connectivity index (χ4v) is 4.09. The number of benzene rings is 2. The van der Waals surface area contributed by atoms with Crippen LogP contribution in [0.25, 0.3) is 0 Å². The van der Waals surface area contributed by atoms with Gasteiger partial charge in [-0.3, -0.25) is 9.98 Å².